The van der Waals surface area contributed by atoms with Gasteiger partial charge in [-0.15, -0.1) is 0 Å². The number of benzene rings is 2. The molecule has 0 saturated heterocycles. The highest BCUT2D eigenvalue weighted by molar-refractivity contribution is 7.90. The second-order valence-corrected chi connectivity index (χ2v) is 8.11. The molecule has 0 aliphatic rings. The molecule has 0 bridgehead atoms. The summed E-state index contributed by atoms with van der Waals surface area (Å²) in [7, 11) is -4.06. The van der Waals surface area contributed by atoms with Crippen molar-refractivity contribution in [3.05, 3.63) is 71.1 Å². The first-order valence-corrected chi connectivity index (χ1v) is 10.7. The zero-order valence-electron chi connectivity index (χ0n) is 16.8. The molecule has 3 rings (SSSR count). The number of nitrogens with one attached hydrogen (secondary N) is 1. The smallest absolute Gasteiger partial charge is 0.268 e. The van der Waals surface area contributed by atoms with E-state index in [1.54, 1.807) is 32.0 Å². The molecular formula is C21H22N2O6S. The normalized spacial score (nSPS) is 11.2. The van der Waals surface area contributed by atoms with Gasteiger partial charge in [0.15, 0.2) is 0 Å². The molecular weight excluding hydrogens is 408 g/mol. The lowest BCUT2D eigenvalue weighted by Crippen LogP contribution is -2.30. The maximum Gasteiger partial charge on any atom is 0.268 e. The van der Waals surface area contributed by atoms with E-state index in [0.717, 1.165) is 5.56 Å². The van der Waals surface area contributed by atoms with Gasteiger partial charge in [-0.3, -0.25) is 4.79 Å². The molecule has 0 spiro atoms. The SMILES string of the molecule is CCOc1ccc(S(=O)(=O)NC(=O)c2ccccc2OCc2c(C)noc2C)cc1. The van der Waals surface area contributed by atoms with Crippen LogP contribution in [0.3, 0.4) is 0 Å². The Kier molecular flexibility index (Phi) is 6.41. The number of rotatable bonds is 8. The maximum absolute atomic E-state index is 12.7. The Hall–Kier alpha value is -3.33. The van der Waals surface area contributed by atoms with E-state index < -0.39 is 15.9 Å². The van der Waals surface area contributed by atoms with E-state index in [1.807, 2.05) is 6.92 Å². The summed E-state index contributed by atoms with van der Waals surface area (Å²) < 4.78 is 43.4. The average Bonchev–Trinajstić information content (AvgIpc) is 3.04. The van der Waals surface area contributed by atoms with Crippen LogP contribution < -0.4 is 14.2 Å². The molecule has 0 radical (unpaired) electrons. The van der Waals surface area contributed by atoms with Crippen molar-refractivity contribution >= 4 is 15.9 Å². The van der Waals surface area contributed by atoms with Gasteiger partial charge in [-0.05, 0) is 57.2 Å². The van der Waals surface area contributed by atoms with Crippen molar-refractivity contribution in [2.45, 2.75) is 32.3 Å². The zero-order valence-corrected chi connectivity index (χ0v) is 17.7. The number of ether oxygens (including phenoxy) is 2. The zero-order chi connectivity index (χ0) is 21.7. The van der Waals surface area contributed by atoms with Crippen LogP contribution in [0.4, 0.5) is 0 Å². The summed E-state index contributed by atoms with van der Waals surface area (Å²) in [6.45, 7) is 5.98. The van der Waals surface area contributed by atoms with Crippen LogP contribution in [0.15, 0.2) is 57.9 Å². The third-order valence-electron chi connectivity index (χ3n) is 4.36. The molecule has 1 N–H and O–H groups in total. The lowest BCUT2D eigenvalue weighted by Gasteiger charge is -2.12. The molecule has 158 valence electrons. The van der Waals surface area contributed by atoms with Gasteiger partial charge in [-0.1, -0.05) is 17.3 Å². The number of carbonyl (C=O) groups is 1. The number of sulfonamides is 1. The van der Waals surface area contributed by atoms with E-state index >= 15 is 0 Å². The molecule has 0 fully saturated rings. The number of aryl methyl sites for hydroxylation is 2. The van der Waals surface area contributed by atoms with Crippen molar-refractivity contribution < 1.29 is 27.2 Å². The average molecular weight is 430 g/mol. The molecule has 1 aromatic heterocycles. The predicted molar refractivity (Wildman–Crippen MR) is 109 cm³/mol. The highest BCUT2D eigenvalue weighted by Gasteiger charge is 2.21. The van der Waals surface area contributed by atoms with E-state index in [9.17, 15) is 13.2 Å². The second-order valence-electron chi connectivity index (χ2n) is 6.43. The highest BCUT2D eigenvalue weighted by atomic mass is 32.2. The first-order valence-electron chi connectivity index (χ1n) is 9.25. The topological polar surface area (TPSA) is 108 Å². The fourth-order valence-electron chi connectivity index (χ4n) is 2.76. The Bertz CT molecular complexity index is 1120. The number of hydrogen-bond acceptors (Lipinski definition) is 7. The molecule has 30 heavy (non-hydrogen) atoms. The van der Waals surface area contributed by atoms with Crippen molar-refractivity contribution in [2.24, 2.45) is 0 Å². The van der Waals surface area contributed by atoms with Crippen LogP contribution in [0, 0.1) is 13.8 Å². The van der Waals surface area contributed by atoms with Gasteiger partial charge in [0, 0.05) is 0 Å². The number of nitrogens with zero attached hydrogens (tertiary/aromatic N) is 1. The third-order valence-corrected chi connectivity index (χ3v) is 5.70. The van der Waals surface area contributed by atoms with E-state index in [1.165, 1.54) is 30.3 Å². The van der Waals surface area contributed by atoms with Crippen LogP contribution in [0.25, 0.3) is 0 Å². The molecule has 0 aliphatic carbocycles. The fraction of sp³-hybridized carbons (Fsp3) is 0.238. The van der Waals surface area contributed by atoms with E-state index in [-0.39, 0.29) is 22.8 Å². The summed E-state index contributed by atoms with van der Waals surface area (Å²) in [5.74, 6) is 0.614. The van der Waals surface area contributed by atoms with Crippen molar-refractivity contribution in [3.63, 3.8) is 0 Å². The van der Waals surface area contributed by atoms with E-state index in [4.69, 9.17) is 14.0 Å². The highest BCUT2D eigenvalue weighted by Crippen LogP contribution is 2.22. The minimum Gasteiger partial charge on any atom is -0.494 e. The number of amides is 1. The van der Waals surface area contributed by atoms with E-state index in [2.05, 4.69) is 9.88 Å². The quantitative estimate of drug-likeness (QED) is 0.584. The van der Waals surface area contributed by atoms with Gasteiger partial charge < -0.3 is 14.0 Å². The van der Waals surface area contributed by atoms with Crippen LogP contribution in [0.1, 0.15) is 34.3 Å². The minimum absolute atomic E-state index is 0.0478. The van der Waals surface area contributed by atoms with Crippen LogP contribution in [0.5, 0.6) is 11.5 Å². The lowest BCUT2D eigenvalue weighted by atomic mass is 10.2. The van der Waals surface area contributed by atoms with Crippen molar-refractivity contribution in [1.82, 2.24) is 9.88 Å². The summed E-state index contributed by atoms with van der Waals surface area (Å²) in [4.78, 5) is 12.6. The molecule has 2 aromatic carbocycles. The van der Waals surface area contributed by atoms with Crippen LogP contribution in [-0.2, 0) is 16.6 Å². The molecule has 1 amide bonds. The molecule has 9 heteroatoms. The monoisotopic (exact) mass is 430 g/mol. The number of hydrogen-bond donors (Lipinski definition) is 1. The molecule has 8 nitrogen and oxygen atoms in total. The van der Waals surface area contributed by atoms with Gasteiger partial charge in [0.2, 0.25) is 0 Å². The molecule has 0 aliphatic heterocycles. The number of carbonyl (C=O) groups excluding carboxylic acids is 1. The first kappa shape index (κ1) is 21.4. The van der Waals surface area contributed by atoms with Gasteiger partial charge in [0.05, 0.1) is 28.3 Å². The first-order chi connectivity index (χ1) is 14.3. The summed E-state index contributed by atoms with van der Waals surface area (Å²) >= 11 is 0. The van der Waals surface area contributed by atoms with Gasteiger partial charge >= 0.3 is 0 Å². The molecule has 1 heterocycles. The van der Waals surface area contributed by atoms with Gasteiger partial charge in [-0.2, -0.15) is 0 Å². The van der Waals surface area contributed by atoms with Gasteiger partial charge in [0.25, 0.3) is 15.9 Å². The Balaban J connectivity index is 1.76. The second kappa shape index (κ2) is 9.00. The lowest BCUT2D eigenvalue weighted by molar-refractivity contribution is 0.0977. The predicted octanol–water partition coefficient (Wildman–Crippen LogP) is 3.39. The molecule has 0 atom stereocenters. The summed E-state index contributed by atoms with van der Waals surface area (Å²) in [6, 6.07) is 12.2. The van der Waals surface area contributed by atoms with Gasteiger partial charge in [-0.25, -0.2) is 13.1 Å². The minimum atomic E-state index is -4.06. The van der Waals surface area contributed by atoms with Gasteiger partial charge in [0.1, 0.15) is 23.9 Å². The Labute approximate surface area is 174 Å². The van der Waals surface area contributed by atoms with Crippen molar-refractivity contribution in [3.8, 4) is 11.5 Å². The largest absolute Gasteiger partial charge is 0.494 e. The summed E-state index contributed by atoms with van der Waals surface area (Å²) in [6.07, 6.45) is 0. The third kappa shape index (κ3) is 4.80. The standard InChI is InChI=1S/C21H22N2O6S/c1-4-27-16-9-11-17(12-10-16)30(25,26)23-21(24)18-7-5-6-8-20(18)28-13-19-14(2)22-29-15(19)3/h5-12H,4,13H2,1-3H3,(H,23,24). The fourth-order valence-corrected chi connectivity index (χ4v) is 3.72. The van der Waals surface area contributed by atoms with Crippen molar-refractivity contribution in [1.29, 1.82) is 0 Å². The number of para-hydroxylation sites is 1. The van der Waals surface area contributed by atoms with Crippen LogP contribution in [-0.4, -0.2) is 26.1 Å². The molecule has 3 aromatic rings. The Morgan fingerprint density at radius 1 is 1.07 bits per heavy atom. The molecule has 0 unspecified atom stereocenters. The van der Waals surface area contributed by atoms with E-state index in [0.29, 0.717) is 23.8 Å². The Morgan fingerprint density at radius 2 is 1.77 bits per heavy atom. The summed E-state index contributed by atoms with van der Waals surface area (Å²) in [5.41, 5.74) is 1.55. The Morgan fingerprint density at radius 3 is 2.40 bits per heavy atom. The van der Waals surface area contributed by atoms with Crippen molar-refractivity contribution in [2.75, 3.05) is 6.61 Å². The van der Waals surface area contributed by atoms with Crippen LogP contribution >= 0.6 is 0 Å². The maximum atomic E-state index is 12.7. The number of aromatic nitrogens is 1. The summed E-state index contributed by atoms with van der Waals surface area (Å²) in [5, 5.41) is 3.86. The molecule has 0 saturated carbocycles. The van der Waals surface area contributed by atoms with Crippen LogP contribution in [0.2, 0.25) is 0 Å².